The second kappa shape index (κ2) is 8.69. The number of nitrogens with zero attached hydrogens (tertiary/aromatic N) is 1. The Labute approximate surface area is 154 Å². The second-order valence-corrected chi connectivity index (χ2v) is 7.16. The number of rotatable bonds is 6. The number of carbonyl (C=O) groups excluding carboxylic acids is 3. The van der Waals surface area contributed by atoms with Crippen LogP contribution in [-0.4, -0.2) is 47.9 Å². The first-order chi connectivity index (χ1) is 12.3. The highest BCUT2D eigenvalue weighted by Crippen LogP contribution is 2.13. The Morgan fingerprint density at radius 1 is 1.08 bits per heavy atom. The van der Waals surface area contributed by atoms with E-state index in [1.54, 1.807) is 29.2 Å². The summed E-state index contributed by atoms with van der Waals surface area (Å²) in [6.07, 6.45) is 2.87. The molecule has 1 aromatic rings. The Morgan fingerprint density at radius 3 is 2.27 bits per heavy atom. The number of urea groups is 1. The van der Waals surface area contributed by atoms with Crippen molar-refractivity contribution in [1.82, 2.24) is 15.5 Å². The number of hydrogen-bond donors (Lipinski definition) is 3. The summed E-state index contributed by atoms with van der Waals surface area (Å²) in [5, 5.41) is 8.19. The lowest BCUT2D eigenvalue weighted by molar-refractivity contribution is -0.128. The van der Waals surface area contributed by atoms with Gasteiger partial charge in [-0.1, -0.05) is 6.92 Å². The molecule has 3 N–H and O–H groups in total. The molecule has 1 aromatic carbocycles. The molecule has 7 heteroatoms. The fourth-order valence-corrected chi connectivity index (χ4v) is 2.58. The van der Waals surface area contributed by atoms with Crippen LogP contribution in [0.5, 0.6) is 0 Å². The summed E-state index contributed by atoms with van der Waals surface area (Å²) in [5.41, 5.74) is 0.819. The number of hydrogen-bond acceptors (Lipinski definition) is 3. The van der Waals surface area contributed by atoms with Gasteiger partial charge in [0.25, 0.3) is 5.91 Å². The van der Waals surface area contributed by atoms with E-state index in [1.807, 2.05) is 20.8 Å². The van der Waals surface area contributed by atoms with Gasteiger partial charge >= 0.3 is 6.03 Å². The molecule has 1 aliphatic rings. The van der Waals surface area contributed by atoms with Crippen LogP contribution in [0.3, 0.4) is 0 Å². The maximum Gasteiger partial charge on any atom is 0.319 e. The molecule has 1 fully saturated rings. The van der Waals surface area contributed by atoms with Crippen LogP contribution in [0.4, 0.5) is 10.5 Å². The van der Waals surface area contributed by atoms with Crippen LogP contribution >= 0.6 is 0 Å². The van der Waals surface area contributed by atoms with Crippen molar-refractivity contribution < 1.29 is 14.4 Å². The minimum atomic E-state index is -0.443. The van der Waals surface area contributed by atoms with E-state index in [1.165, 1.54) is 0 Å². The Hall–Kier alpha value is -2.57. The molecule has 7 nitrogen and oxygen atoms in total. The van der Waals surface area contributed by atoms with Gasteiger partial charge in [-0.25, -0.2) is 4.79 Å². The topological polar surface area (TPSA) is 90.5 Å². The molecule has 0 unspecified atom stereocenters. The first kappa shape index (κ1) is 19.8. The van der Waals surface area contributed by atoms with Crippen LogP contribution in [-0.2, 0) is 4.79 Å². The lowest BCUT2D eigenvalue weighted by atomic mass is 10.0. The minimum absolute atomic E-state index is 0.0155. The zero-order chi connectivity index (χ0) is 19.2. The van der Waals surface area contributed by atoms with Crippen LogP contribution in [0.25, 0.3) is 0 Å². The van der Waals surface area contributed by atoms with E-state index in [-0.39, 0.29) is 23.9 Å². The van der Waals surface area contributed by atoms with Gasteiger partial charge in [0.05, 0.1) is 6.54 Å². The molecule has 1 heterocycles. The molecule has 0 saturated carbocycles. The van der Waals surface area contributed by atoms with Crippen molar-refractivity contribution in [3.8, 4) is 0 Å². The summed E-state index contributed by atoms with van der Waals surface area (Å²) >= 11 is 0. The van der Waals surface area contributed by atoms with Crippen LogP contribution in [0.1, 0.15) is 50.4 Å². The quantitative estimate of drug-likeness (QED) is 0.727. The molecular weight excluding hydrogens is 332 g/mol. The second-order valence-electron chi connectivity index (χ2n) is 7.16. The molecule has 142 valence electrons. The molecular formula is C19H28N4O3. The predicted octanol–water partition coefficient (Wildman–Crippen LogP) is 2.35. The van der Waals surface area contributed by atoms with E-state index in [0.29, 0.717) is 11.3 Å². The summed E-state index contributed by atoms with van der Waals surface area (Å²) in [7, 11) is 0. The standard InChI is InChI=1S/C19H28N4O3/c1-4-19(2,3)22-17(25)14-7-9-15(10-8-14)21-18(26)20-13-16(24)23-11-5-6-12-23/h7-10H,4-6,11-13H2,1-3H3,(H,22,25)(H2,20,21,26). The molecule has 0 atom stereocenters. The smallest absolute Gasteiger partial charge is 0.319 e. The van der Waals surface area contributed by atoms with E-state index in [2.05, 4.69) is 16.0 Å². The van der Waals surface area contributed by atoms with Gasteiger partial charge in [-0.3, -0.25) is 9.59 Å². The fourth-order valence-electron chi connectivity index (χ4n) is 2.58. The van der Waals surface area contributed by atoms with Crippen molar-refractivity contribution in [2.24, 2.45) is 0 Å². The average molecular weight is 360 g/mol. The molecule has 0 bridgehead atoms. The van der Waals surface area contributed by atoms with Crippen LogP contribution < -0.4 is 16.0 Å². The van der Waals surface area contributed by atoms with Crippen molar-refractivity contribution in [2.75, 3.05) is 25.0 Å². The van der Waals surface area contributed by atoms with Gasteiger partial charge in [0, 0.05) is 29.9 Å². The maximum absolute atomic E-state index is 12.2. The van der Waals surface area contributed by atoms with Gasteiger partial charge in [-0.2, -0.15) is 0 Å². The lowest BCUT2D eigenvalue weighted by Crippen LogP contribution is -2.42. The maximum atomic E-state index is 12.2. The van der Waals surface area contributed by atoms with Gasteiger partial charge in [0.15, 0.2) is 0 Å². The fraction of sp³-hybridized carbons (Fsp3) is 0.526. The largest absolute Gasteiger partial charge is 0.347 e. The summed E-state index contributed by atoms with van der Waals surface area (Å²) < 4.78 is 0. The Morgan fingerprint density at radius 2 is 1.69 bits per heavy atom. The number of anilines is 1. The molecule has 1 aliphatic heterocycles. The van der Waals surface area contributed by atoms with Gasteiger partial charge in [0.2, 0.25) is 5.91 Å². The first-order valence-corrected chi connectivity index (χ1v) is 9.06. The van der Waals surface area contributed by atoms with Crippen molar-refractivity contribution in [2.45, 2.75) is 45.6 Å². The Balaban J connectivity index is 1.81. The van der Waals surface area contributed by atoms with E-state index in [9.17, 15) is 14.4 Å². The number of likely N-dealkylation sites (tertiary alicyclic amines) is 1. The van der Waals surface area contributed by atoms with Crippen molar-refractivity contribution in [3.63, 3.8) is 0 Å². The van der Waals surface area contributed by atoms with Crippen molar-refractivity contribution in [1.29, 1.82) is 0 Å². The third-order valence-corrected chi connectivity index (χ3v) is 4.60. The molecule has 0 aromatic heterocycles. The lowest BCUT2D eigenvalue weighted by Gasteiger charge is -2.24. The first-order valence-electron chi connectivity index (χ1n) is 9.06. The Kier molecular flexibility index (Phi) is 6.60. The molecule has 0 radical (unpaired) electrons. The predicted molar refractivity (Wildman–Crippen MR) is 101 cm³/mol. The van der Waals surface area contributed by atoms with Crippen LogP contribution in [0, 0.1) is 0 Å². The highest BCUT2D eigenvalue weighted by atomic mass is 16.2. The molecule has 2 rings (SSSR count). The van der Waals surface area contributed by atoms with E-state index < -0.39 is 6.03 Å². The van der Waals surface area contributed by atoms with Gasteiger partial charge in [-0.15, -0.1) is 0 Å². The van der Waals surface area contributed by atoms with Crippen molar-refractivity contribution >= 4 is 23.5 Å². The number of benzene rings is 1. The minimum Gasteiger partial charge on any atom is -0.347 e. The van der Waals surface area contributed by atoms with Crippen LogP contribution in [0.15, 0.2) is 24.3 Å². The number of carbonyl (C=O) groups is 3. The van der Waals surface area contributed by atoms with E-state index in [4.69, 9.17) is 0 Å². The van der Waals surface area contributed by atoms with Gasteiger partial charge in [0.1, 0.15) is 0 Å². The average Bonchev–Trinajstić information content (AvgIpc) is 3.14. The third-order valence-electron chi connectivity index (χ3n) is 4.60. The Bertz CT molecular complexity index is 649. The monoisotopic (exact) mass is 360 g/mol. The summed E-state index contributed by atoms with van der Waals surface area (Å²) in [6.45, 7) is 7.46. The van der Waals surface area contributed by atoms with Gasteiger partial charge in [-0.05, 0) is 57.4 Å². The molecule has 4 amide bonds. The van der Waals surface area contributed by atoms with Crippen molar-refractivity contribution in [3.05, 3.63) is 29.8 Å². The van der Waals surface area contributed by atoms with E-state index >= 15 is 0 Å². The zero-order valence-corrected chi connectivity index (χ0v) is 15.7. The van der Waals surface area contributed by atoms with Crippen LogP contribution in [0.2, 0.25) is 0 Å². The molecule has 0 aliphatic carbocycles. The SMILES string of the molecule is CCC(C)(C)NC(=O)c1ccc(NC(=O)NCC(=O)N2CCCC2)cc1. The molecule has 1 saturated heterocycles. The summed E-state index contributed by atoms with van der Waals surface area (Å²) in [6, 6.07) is 6.20. The third kappa shape index (κ3) is 5.75. The number of nitrogens with one attached hydrogen (secondary N) is 3. The highest BCUT2D eigenvalue weighted by molar-refractivity contribution is 5.96. The molecule has 0 spiro atoms. The van der Waals surface area contributed by atoms with E-state index in [0.717, 1.165) is 32.4 Å². The zero-order valence-electron chi connectivity index (χ0n) is 15.7. The molecule has 26 heavy (non-hydrogen) atoms. The summed E-state index contributed by atoms with van der Waals surface area (Å²) in [4.78, 5) is 37.8. The van der Waals surface area contributed by atoms with Gasteiger partial charge < -0.3 is 20.9 Å². The summed E-state index contributed by atoms with van der Waals surface area (Å²) in [5.74, 6) is -0.215. The number of amides is 4. The normalized spacial score (nSPS) is 14.0. The highest BCUT2D eigenvalue weighted by Gasteiger charge is 2.19.